The van der Waals surface area contributed by atoms with E-state index in [1.807, 2.05) is 6.92 Å². The van der Waals surface area contributed by atoms with Gasteiger partial charge in [-0.2, -0.15) is 13.2 Å². The van der Waals surface area contributed by atoms with Gasteiger partial charge in [0.1, 0.15) is 0 Å². The molecule has 0 heterocycles. The third-order valence-corrected chi connectivity index (χ3v) is 3.48. The van der Waals surface area contributed by atoms with Gasteiger partial charge in [-0.25, -0.2) is 0 Å². The Balaban J connectivity index is 2.45. The molecule has 0 spiro atoms. The van der Waals surface area contributed by atoms with Crippen LogP contribution in [-0.2, 0) is 0 Å². The Morgan fingerprint density at radius 1 is 1.22 bits per heavy atom. The number of alkyl halides is 3. The molecule has 6 heteroatoms. The van der Waals surface area contributed by atoms with Crippen molar-refractivity contribution in [3.05, 3.63) is 0 Å². The average Bonchev–Trinajstić information content (AvgIpc) is 2.28. The number of hydrogen-bond acceptors (Lipinski definition) is 3. The molecule has 18 heavy (non-hydrogen) atoms. The molecule has 0 amide bonds. The van der Waals surface area contributed by atoms with Crippen LogP contribution in [-0.4, -0.2) is 54.5 Å². The highest BCUT2D eigenvalue weighted by atomic mass is 19.4. The lowest BCUT2D eigenvalue weighted by molar-refractivity contribution is -0.153. The summed E-state index contributed by atoms with van der Waals surface area (Å²) < 4.78 is 37.3. The van der Waals surface area contributed by atoms with Gasteiger partial charge in [-0.15, -0.1) is 0 Å². The molecule has 1 saturated carbocycles. The third kappa shape index (κ3) is 5.54. The van der Waals surface area contributed by atoms with Crippen LogP contribution in [0.4, 0.5) is 13.2 Å². The molecule has 0 aliphatic heterocycles. The summed E-state index contributed by atoms with van der Waals surface area (Å²) in [6, 6.07) is 0.391. The van der Waals surface area contributed by atoms with Crippen molar-refractivity contribution >= 4 is 0 Å². The normalized spacial score (nSPS) is 25.7. The number of nitrogens with one attached hydrogen (secondary N) is 1. The SMILES string of the molecule is CCNC1CCC(N(CCO)CC(F)(F)F)CC1. The highest BCUT2D eigenvalue weighted by Crippen LogP contribution is 2.26. The van der Waals surface area contributed by atoms with E-state index < -0.39 is 12.7 Å². The zero-order valence-corrected chi connectivity index (χ0v) is 10.8. The van der Waals surface area contributed by atoms with Gasteiger partial charge < -0.3 is 10.4 Å². The zero-order chi connectivity index (χ0) is 13.6. The van der Waals surface area contributed by atoms with E-state index in [9.17, 15) is 13.2 Å². The Morgan fingerprint density at radius 2 is 1.83 bits per heavy atom. The fraction of sp³-hybridized carbons (Fsp3) is 1.00. The Kier molecular flexibility index (Phi) is 6.38. The summed E-state index contributed by atoms with van der Waals surface area (Å²) in [4.78, 5) is 1.38. The van der Waals surface area contributed by atoms with Crippen molar-refractivity contribution in [2.24, 2.45) is 0 Å². The van der Waals surface area contributed by atoms with Crippen molar-refractivity contribution in [1.82, 2.24) is 10.2 Å². The van der Waals surface area contributed by atoms with E-state index in [4.69, 9.17) is 5.11 Å². The first-order valence-electron chi connectivity index (χ1n) is 6.61. The van der Waals surface area contributed by atoms with Gasteiger partial charge in [0.2, 0.25) is 0 Å². The van der Waals surface area contributed by atoms with Crippen LogP contribution in [0, 0.1) is 0 Å². The van der Waals surface area contributed by atoms with Crippen molar-refractivity contribution in [2.45, 2.75) is 50.9 Å². The van der Waals surface area contributed by atoms with Crippen LogP contribution in [0.2, 0.25) is 0 Å². The molecule has 1 aliphatic carbocycles. The predicted molar refractivity (Wildman–Crippen MR) is 64.4 cm³/mol. The summed E-state index contributed by atoms with van der Waals surface area (Å²) >= 11 is 0. The number of aliphatic hydroxyl groups excluding tert-OH is 1. The maximum Gasteiger partial charge on any atom is 0.401 e. The molecular weight excluding hydrogens is 245 g/mol. The highest BCUT2D eigenvalue weighted by Gasteiger charge is 2.34. The minimum atomic E-state index is -4.19. The summed E-state index contributed by atoms with van der Waals surface area (Å²) in [6.45, 7) is 1.91. The van der Waals surface area contributed by atoms with Gasteiger partial charge >= 0.3 is 6.18 Å². The monoisotopic (exact) mass is 268 g/mol. The smallest absolute Gasteiger partial charge is 0.395 e. The number of nitrogens with zero attached hydrogens (tertiary/aromatic N) is 1. The minimum Gasteiger partial charge on any atom is -0.395 e. The maximum atomic E-state index is 12.4. The van der Waals surface area contributed by atoms with Crippen molar-refractivity contribution in [3.8, 4) is 0 Å². The molecular formula is C12H23F3N2O. The fourth-order valence-electron chi connectivity index (χ4n) is 2.68. The molecule has 1 fully saturated rings. The molecule has 0 atom stereocenters. The summed E-state index contributed by atoms with van der Waals surface area (Å²) in [7, 11) is 0. The molecule has 0 aromatic carbocycles. The van der Waals surface area contributed by atoms with E-state index in [0.29, 0.717) is 6.04 Å². The summed E-state index contributed by atoms with van der Waals surface area (Å²) in [5.74, 6) is 0. The van der Waals surface area contributed by atoms with Crippen LogP contribution in [0.3, 0.4) is 0 Å². The molecule has 108 valence electrons. The van der Waals surface area contributed by atoms with Gasteiger partial charge in [0.15, 0.2) is 0 Å². The summed E-state index contributed by atoms with van der Waals surface area (Å²) in [5.41, 5.74) is 0. The number of halogens is 3. The number of aliphatic hydroxyl groups is 1. The van der Waals surface area contributed by atoms with Crippen molar-refractivity contribution in [3.63, 3.8) is 0 Å². The standard InChI is InChI=1S/C12H23F3N2O/c1-2-16-10-3-5-11(6-4-10)17(7-8-18)9-12(13,14)15/h10-11,16,18H,2-9H2,1H3. The predicted octanol–water partition coefficient (Wildman–Crippen LogP) is 1.76. The lowest BCUT2D eigenvalue weighted by Crippen LogP contribution is -2.47. The highest BCUT2D eigenvalue weighted by molar-refractivity contribution is 4.83. The largest absolute Gasteiger partial charge is 0.401 e. The van der Waals surface area contributed by atoms with Gasteiger partial charge in [0.25, 0.3) is 0 Å². The average molecular weight is 268 g/mol. The minimum absolute atomic E-state index is 0.0475. The summed E-state index contributed by atoms with van der Waals surface area (Å²) in [5, 5.41) is 12.2. The van der Waals surface area contributed by atoms with Gasteiger partial charge in [0.05, 0.1) is 13.2 Å². The van der Waals surface area contributed by atoms with Crippen LogP contribution in [0.5, 0.6) is 0 Å². The molecule has 1 aliphatic rings. The van der Waals surface area contributed by atoms with Crippen LogP contribution >= 0.6 is 0 Å². The van der Waals surface area contributed by atoms with Crippen LogP contribution < -0.4 is 5.32 Å². The van der Waals surface area contributed by atoms with E-state index >= 15 is 0 Å². The van der Waals surface area contributed by atoms with E-state index in [-0.39, 0.29) is 19.2 Å². The first kappa shape index (κ1) is 15.7. The lowest BCUT2D eigenvalue weighted by atomic mass is 9.90. The number of rotatable bonds is 6. The third-order valence-electron chi connectivity index (χ3n) is 3.48. The second-order valence-electron chi connectivity index (χ2n) is 4.87. The van der Waals surface area contributed by atoms with Crippen LogP contribution in [0.1, 0.15) is 32.6 Å². The molecule has 0 aromatic rings. The Labute approximate surface area is 106 Å². The van der Waals surface area contributed by atoms with Gasteiger partial charge in [-0.1, -0.05) is 6.92 Å². The van der Waals surface area contributed by atoms with Gasteiger partial charge in [-0.05, 0) is 32.2 Å². The molecule has 0 unspecified atom stereocenters. The quantitative estimate of drug-likeness (QED) is 0.770. The molecule has 2 N–H and O–H groups in total. The Hall–Kier alpha value is -0.330. The lowest BCUT2D eigenvalue weighted by Gasteiger charge is -2.37. The molecule has 0 aromatic heterocycles. The van der Waals surface area contributed by atoms with Crippen molar-refractivity contribution < 1.29 is 18.3 Å². The van der Waals surface area contributed by atoms with Crippen molar-refractivity contribution in [2.75, 3.05) is 26.2 Å². The number of hydrogen-bond donors (Lipinski definition) is 2. The second-order valence-corrected chi connectivity index (χ2v) is 4.87. The van der Waals surface area contributed by atoms with Gasteiger partial charge in [0, 0.05) is 18.6 Å². The molecule has 1 rings (SSSR count). The molecule has 0 radical (unpaired) electrons. The summed E-state index contributed by atoms with van der Waals surface area (Å²) in [6.07, 6.45) is -0.814. The fourth-order valence-corrected chi connectivity index (χ4v) is 2.68. The first-order chi connectivity index (χ1) is 8.46. The van der Waals surface area contributed by atoms with E-state index in [1.165, 1.54) is 4.90 Å². The van der Waals surface area contributed by atoms with Crippen molar-refractivity contribution in [1.29, 1.82) is 0 Å². The topological polar surface area (TPSA) is 35.5 Å². The molecule has 0 bridgehead atoms. The van der Waals surface area contributed by atoms with Crippen LogP contribution in [0.15, 0.2) is 0 Å². The van der Waals surface area contributed by atoms with E-state index in [2.05, 4.69) is 5.32 Å². The van der Waals surface area contributed by atoms with Gasteiger partial charge in [-0.3, -0.25) is 4.90 Å². The van der Waals surface area contributed by atoms with E-state index in [1.54, 1.807) is 0 Å². The first-order valence-corrected chi connectivity index (χ1v) is 6.61. The Bertz CT molecular complexity index is 228. The van der Waals surface area contributed by atoms with E-state index in [0.717, 1.165) is 32.2 Å². The molecule has 0 saturated heterocycles. The van der Waals surface area contributed by atoms with Crippen LogP contribution in [0.25, 0.3) is 0 Å². The maximum absolute atomic E-state index is 12.4. The Morgan fingerprint density at radius 3 is 2.28 bits per heavy atom. The zero-order valence-electron chi connectivity index (χ0n) is 10.8. The second kappa shape index (κ2) is 7.31. The molecule has 3 nitrogen and oxygen atoms in total.